The fourth-order valence-corrected chi connectivity index (χ4v) is 4.44. The van der Waals surface area contributed by atoms with Crippen LogP contribution in [0.3, 0.4) is 0 Å². The van der Waals surface area contributed by atoms with E-state index in [1.807, 2.05) is 36.4 Å². The summed E-state index contributed by atoms with van der Waals surface area (Å²) in [5.74, 6) is 0.794. The number of halogens is 1. The molecule has 4 nitrogen and oxygen atoms in total. The summed E-state index contributed by atoms with van der Waals surface area (Å²) >= 11 is 5.92. The highest BCUT2D eigenvalue weighted by molar-refractivity contribution is 7.90. The molecular formula is C25H27ClN2O2S. The standard InChI is InChI=1S/C25H27ClN2O2S/c1-17(2)22-11-8-12-23(18(3)4)24(22)27-25(19-9-6-5-7-10-19)28-31(29,30)21-15-13-20(26)14-16-21/h5-18H,1-4H3,(H,27,28). The molecule has 0 radical (unpaired) electrons. The van der Waals surface area contributed by atoms with Crippen molar-refractivity contribution in [1.82, 2.24) is 0 Å². The van der Waals surface area contributed by atoms with Gasteiger partial charge in [-0.2, -0.15) is 8.42 Å². The third-order valence-corrected chi connectivity index (χ3v) is 6.53. The minimum absolute atomic E-state index is 0.0911. The quantitative estimate of drug-likeness (QED) is 0.328. The number of amidine groups is 1. The molecule has 0 aliphatic rings. The van der Waals surface area contributed by atoms with Crippen LogP contribution >= 0.6 is 11.6 Å². The van der Waals surface area contributed by atoms with Crippen molar-refractivity contribution < 1.29 is 8.42 Å². The third kappa shape index (κ3) is 5.54. The summed E-state index contributed by atoms with van der Waals surface area (Å²) in [4.78, 5) is 0.0911. The SMILES string of the molecule is CC(C)c1cccc(C(C)C)c1NC(=NS(=O)(=O)c1ccc(Cl)cc1)c1ccccc1. The molecule has 3 rings (SSSR count). The molecule has 0 fully saturated rings. The normalized spacial score (nSPS) is 12.4. The van der Waals surface area contributed by atoms with Gasteiger partial charge in [-0.1, -0.05) is 87.8 Å². The molecule has 31 heavy (non-hydrogen) atoms. The van der Waals surface area contributed by atoms with Gasteiger partial charge < -0.3 is 5.32 Å². The van der Waals surface area contributed by atoms with Gasteiger partial charge in [0.25, 0.3) is 10.0 Å². The molecule has 0 saturated carbocycles. The van der Waals surface area contributed by atoms with Crippen LogP contribution in [-0.4, -0.2) is 14.3 Å². The number of sulfonamides is 1. The highest BCUT2D eigenvalue weighted by Crippen LogP contribution is 2.33. The highest BCUT2D eigenvalue weighted by atomic mass is 35.5. The molecule has 1 N–H and O–H groups in total. The Labute approximate surface area is 190 Å². The fourth-order valence-electron chi connectivity index (χ4n) is 3.34. The predicted molar refractivity (Wildman–Crippen MR) is 130 cm³/mol. The van der Waals surface area contributed by atoms with E-state index >= 15 is 0 Å². The number of hydrogen-bond acceptors (Lipinski definition) is 2. The van der Waals surface area contributed by atoms with Gasteiger partial charge in [0.15, 0.2) is 5.84 Å². The van der Waals surface area contributed by atoms with Crippen LogP contribution in [0.2, 0.25) is 5.02 Å². The van der Waals surface area contributed by atoms with Gasteiger partial charge in [0.1, 0.15) is 0 Å². The largest absolute Gasteiger partial charge is 0.339 e. The summed E-state index contributed by atoms with van der Waals surface area (Å²) in [5, 5.41) is 3.85. The van der Waals surface area contributed by atoms with Crippen LogP contribution in [0, 0.1) is 0 Å². The first-order valence-electron chi connectivity index (χ1n) is 10.2. The summed E-state index contributed by atoms with van der Waals surface area (Å²) in [6.07, 6.45) is 0. The van der Waals surface area contributed by atoms with Crippen LogP contribution in [-0.2, 0) is 10.0 Å². The molecule has 0 saturated heterocycles. The van der Waals surface area contributed by atoms with Crippen LogP contribution in [0.15, 0.2) is 82.1 Å². The molecule has 0 unspecified atom stereocenters. The smallest absolute Gasteiger partial charge is 0.284 e. The van der Waals surface area contributed by atoms with E-state index in [4.69, 9.17) is 11.6 Å². The average molecular weight is 455 g/mol. The van der Waals surface area contributed by atoms with Crippen molar-refractivity contribution in [3.8, 4) is 0 Å². The third-order valence-electron chi connectivity index (χ3n) is 4.99. The molecule has 0 aliphatic carbocycles. The van der Waals surface area contributed by atoms with Gasteiger partial charge in [-0.3, -0.25) is 0 Å². The van der Waals surface area contributed by atoms with E-state index in [0.29, 0.717) is 10.6 Å². The van der Waals surface area contributed by atoms with E-state index in [1.165, 1.54) is 12.1 Å². The number of hydrogen-bond donors (Lipinski definition) is 1. The van der Waals surface area contributed by atoms with Crippen molar-refractivity contribution in [3.05, 3.63) is 94.5 Å². The maximum absolute atomic E-state index is 13.1. The van der Waals surface area contributed by atoms with Gasteiger partial charge in [-0.05, 0) is 47.2 Å². The van der Waals surface area contributed by atoms with Crippen LogP contribution in [0.5, 0.6) is 0 Å². The van der Waals surface area contributed by atoms with E-state index in [9.17, 15) is 8.42 Å². The molecule has 0 spiro atoms. The van der Waals surface area contributed by atoms with Crippen LogP contribution in [0.25, 0.3) is 0 Å². The zero-order chi connectivity index (χ0) is 22.6. The minimum Gasteiger partial charge on any atom is -0.339 e. The first-order valence-corrected chi connectivity index (χ1v) is 12.1. The highest BCUT2D eigenvalue weighted by Gasteiger charge is 2.19. The summed E-state index contributed by atoms with van der Waals surface area (Å²) < 4.78 is 30.4. The lowest BCUT2D eigenvalue weighted by Crippen LogP contribution is -2.19. The van der Waals surface area contributed by atoms with E-state index in [-0.39, 0.29) is 22.6 Å². The minimum atomic E-state index is -3.94. The number of rotatable bonds is 6. The molecule has 3 aromatic carbocycles. The Morgan fingerprint density at radius 1 is 0.806 bits per heavy atom. The van der Waals surface area contributed by atoms with Crippen molar-refractivity contribution in [1.29, 1.82) is 0 Å². The summed E-state index contributed by atoms with van der Waals surface area (Å²) in [6, 6.07) is 21.5. The maximum atomic E-state index is 13.1. The number of nitrogens with one attached hydrogen (secondary N) is 1. The zero-order valence-electron chi connectivity index (χ0n) is 18.1. The van der Waals surface area contributed by atoms with Crippen molar-refractivity contribution in [2.45, 2.75) is 44.4 Å². The Balaban J connectivity index is 2.17. The molecule has 6 heteroatoms. The molecule has 0 atom stereocenters. The molecule has 0 aromatic heterocycles. The predicted octanol–water partition coefficient (Wildman–Crippen LogP) is 6.83. The van der Waals surface area contributed by atoms with Crippen LogP contribution in [0.4, 0.5) is 5.69 Å². The second kappa shape index (κ2) is 9.67. The average Bonchev–Trinajstić information content (AvgIpc) is 2.74. The summed E-state index contributed by atoms with van der Waals surface area (Å²) in [6.45, 7) is 8.48. The monoisotopic (exact) mass is 454 g/mol. The van der Waals surface area contributed by atoms with Gasteiger partial charge in [0, 0.05) is 16.3 Å². The van der Waals surface area contributed by atoms with Gasteiger partial charge in [-0.25, -0.2) is 0 Å². The second-order valence-electron chi connectivity index (χ2n) is 7.98. The Hall–Kier alpha value is -2.63. The van der Waals surface area contributed by atoms with Gasteiger partial charge in [0.05, 0.1) is 4.90 Å². The van der Waals surface area contributed by atoms with Crippen LogP contribution in [0.1, 0.15) is 56.2 Å². The van der Waals surface area contributed by atoms with Crippen LogP contribution < -0.4 is 5.32 Å². The van der Waals surface area contributed by atoms with E-state index < -0.39 is 10.0 Å². The molecule has 162 valence electrons. The van der Waals surface area contributed by atoms with Crippen molar-refractivity contribution in [3.63, 3.8) is 0 Å². The maximum Gasteiger partial charge on any atom is 0.284 e. The van der Waals surface area contributed by atoms with Gasteiger partial charge >= 0.3 is 0 Å². The molecule has 0 heterocycles. The van der Waals surface area contributed by atoms with Gasteiger partial charge in [0.2, 0.25) is 0 Å². The molecule has 3 aromatic rings. The second-order valence-corrected chi connectivity index (χ2v) is 10.0. The van der Waals surface area contributed by atoms with E-state index in [1.54, 1.807) is 12.1 Å². The zero-order valence-corrected chi connectivity index (χ0v) is 19.7. The molecule has 0 aliphatic heterocycles. The van der Waals surface area contributed by atoms with Crippen molar-refractivity contribution in [2.24, 2.45) is 4.40 Å². The topological polar surface area (TPSA) is 58.5 Å². The molecular weight excluding hydrogens is 428 g/mol. The van der Waals surface area contributed by atoms with Gasteiger partial charge in [-0.15, -0.1) is 4.40 Å². The van der Waals surface area contributed by atoms with E-state index in [0.717, 1.165) is 16.8 Å². The number of para-hydroxylation sites is 1. The van der Waals surface area contributed by atoms with E-state index in [2.05, 4.69) is 49.5 Å². The molecule has 0 amide bonds. The number of benzene rings is 3. The van der Waals surface area contributed by atoms with Crippen molar-refractivity contribution in [2.75, 3.05) is 5.32 Å². The lowest BCUT2D eigenvalue weighted by Gasteiger charge is -2.22. The molecule has 0 bridgehead atoms. The Bertz CT molecular complexity index is 1140. The van der Waals surface area contributed by atoms with Crippen molar-refractivity contribution >= 4 is 33.1 Å². The lowest BCUT2D eigenvalue weighted by molar-refractivity contribution is 0.598. The Morgan fingerprint density at radius 2 is 1.35 bits per heavy atom. The first kappa shape index (κ1) is 23.0. The summed E-state index contributed by atoms with van der Waals surface area (Å²) in [7, 11) is -3.94. The Morgan fingerprint density at radius 3 is 1.87 bits per heavy atom. The Kier molecular flexibility index (Phi) is 7.19. The lowest BCUT2D eigenvalue weighted by atomic mass is 9.92. The fraction of sp³-hybridized carbons (Fsp3) is 0.240. The number of nitrogens with zero attached hydrogens (tertiary/aromatic N) is 1. The first-order chi connectivity index (χ1) is 14.7. The number of anilines is 1. The summed E-state index contributed by atoms with van der Waals surface area (Å²) in [5.41, 5.74) is 3.81.